The summed E-state index contributed by atoms with van der Waals surface area (Å²) in [5.74, 6) is -0.199. The van der Waals surface area contributed by atoms with Gasteiger partial charge in [0.05, 0.1) is 19.1 Å². The minimum absolute atomic E-state index is 0.0413. The van der Waals surface area contributed by atoms with Crippen molar-refractivity contribution >= 4 is 27.5 Å². The number of nitrogens with zero attached hydrogens (tertiary/aromatic N) is 2. The highest BCUT2D eigenvalue weighted by Gasteiger charge is 2.30. The summed E-state index contributed by atoms with van der Waals surface area (Å²) in [6.07, 6.45) is 1.80. The first-order valence-corrected chi connectivity index (χ1v) is 12.7. The van der Waals surface area contributed by atoms with Crippen LogP contribution in [0.2, 0.25) is 0 Å². The smallest absolute Gasteiger partial charge is 0.244 e. The normalized spacial score (nSPS) is 13.0. The molecule has 180 valence electrons. The van der Waals surface area contributed by atoms with Gasteiger partial charge in [0.1, 0.15) is 18.3 Å². The summed E-state index contributed by atoms with van der Waals surface area (Å²) in [6, 6.07) is 14.9. The van der Waals surface area contributed by atoms with Crippen LogP contribution in [0.25, 0.3) is 0 Å². The Hall–Kier alpha value is -3.07. The van der Waals surface area contributed by atoms with Crippen molar-refractivity contribution in [1.29, 1.82) is 0 Å². The van der Waals surface area contributed by atoms with Crippen molar-refractivity contribution in [1.82, 2.24) is 10.2 Å². The summed E-state index contributed by atoms with van der Waals surface area (Å²) in [5.41, 5.74) is 1.17. The van der Waals surface area contributed by atoms with Gasteiger partial charge >= 0.3 is 0 Å². The van der Waals surface area contributed by atoms with Crippen LogP contribution >= 0.6 is 0 Å². The molecule has 2 amide bonds. The zero-order chi connectivity index (χ0) is 24.6. The second-order valence-corrected chi connectivity index (χ2v) is 9.88. The quantitative estimate of drug-likeness (QED) is 0.539. The number of amides is 2. The average molecular weight is 476 g/mol. The van der Waals surface area contributed by atoms with Crippen LogP contribution in [0, 0.1) is 0 Å². The highest BCUT2D eigenvalue weighted by atomic mass is 32.2. The molecule has 0 saturated carbocycles. The predicted octanol–water partition coefficient (Wildman–Crippen LogP) is 2.79. The number of carbonyl (C=O) groups excluding carboxylic acids is 2. The number of methoxy groups -OCH3 is 1. The molecule has 2 aromatic carbocycles. The van der Waals surface area contributed by atoms with Crippen LogP contribution < -0.4 is 14.4 Å². The molecular formula is C24H33N3O5S. The third kappa shape index (κ3) is 7.49. The third-order valence-electron chi connectivity index (χ3n) is 5.40. The number of sulfonamides is 1. The molecule has 0 heterocycles. The first kappa shape index (κ1) is 26.2. The van der Waals surface area contributed by atoms with Crippen molar-refractivity contribution in [2.24, 2.45) is 0 Å². The lowest BCUT2D eigenvalue weighted by Crippen LogP contribution is -2.52. The van der Waals surface area contributed by atoms with Gasteiger partial charge in [0, 0.05) is 12.6 Å². The van der Waals surface area contributed by atoms with Crippen LogP contribution in [-0.4, -0.2) is 57.1 Å². The van der Waals surface area contributed by atoms with Crippen LogP contribution in [0.4, 0.5) is 5.69 Å². The van der Waals surface area contributed by atoms with Crippen molar-refractivity contribution in [3.8, 4) is 5.75 Å². The molecule has 0 fully saturated rings. The summed E-state index contributed by atoms with van der Waals surface area (Å²) in [7, 11) is -2.25. The van der Waals surface area contributed by atoms with Crippen LogP contribution in [0.5, 0.6) is 5.75 Å². The van der Waals surface area contributed by atoms with Crippen molar-refractivity contribution in [2.45, 2.75) is 45.8 Å². The van der Waals surface area contributed by atoms with Crippen molar-refractivity contribution < 1.29 is 22.7 Å². The van der Waals surface area contributed by atoms with E-state index in [1.54, 1.807) is 31.2 Å². The molecule has 0 spiro atoms. The first-order chi connectivity index (χ1) is 15.6. The summed E-state index contributed by atoms with van der Waals surface area (Å²) in [6.45, 7) is 5.25. The Morgan fingerprint density at radius 2 is 1.64 bits per heavy atom. The van der Waals surface area contributed by atoms with E-state index in [1.807, 2.05) is 44.2 Å². The molecule has 0 aliphatic rings. The average Bonchev–Trinajstić information content (AvgIpc) is 2.80. The van der Waals surface area contributed by atoms with E-state index in [9.17, 15) is 18.0 Å². The molecule has 0 saturated heterocycles. The van der Waals surface area contributed by atoms with E-state index in [1.165, 1.54) is 12.0 Å². The predicted molar refractivity (Wildman–Crippen MR) is 130 cm³/mol. The number of hydrogen-bond donors (Lipinski definition) is 1. The molecule has 0 aliphatic carbocycles. The second kappa shape index (κ2) is 11.7. The van der Waals surface area contributed by atoms with E-state index in [2.05, 4.69) is 5.32 Å². The van der Waals surface area contributed by atoms with E-state index < -0.39 is 28.5 Å². The summed E-state index contributed by atoms with van der Waals surface area (Å²) < 4.78 is 31.2. The fraction of sp³-hybridized carbons (Fsp3) is 0.417. The molecule has 0 aliphatic heterocycles. The molecule has 2 aromatic rings. The second-order valence-electron chi connectivity index (χ2n) is 7.97. The topological polar surface area (TPSA) is 96.0 Å². The molecule has 1 N–H and O–H groups in total. The Labute approximate surface area is 196 Å². The maximum atomic E-state index is 13.4. The maximum absolute atomic E-state index is 13.4. The highest BCUT2D eigenvalue weighted by molar-refractivity contribution is 7.92. The number of carbonyl (C=O) groups is 2. The Morgan fingerprint density at radius 3 is 2.15 bits per heavy atom. The number of anilines is 1. The Balaban J connectivity index is 2.34. The Kier molecular flexibility index (Phi) is 9.28. The lowest BCUT2D eigenvalue weighted by atomic mass is 10.1. The van der Waals surface area contributed by atoms with E-state index in [4.69, 9.17) is 4.74 Å². The minimum atomic E-state index is -3.76. The third-order valence-corrected chi connectivity index (χ3v) is 6.54. The van der Waals surface area contributed by atoms with Gasteiger partial charge < -0.3 is 15.0 Å². The molecular weight excluding hydrogens is 442 g/mol. The SMILES string of the molecule is CC[C@@H](C)NC(=O)[C@H](C)N(Cc1ccccc1)C(=O)CN(c1ccc(OC)cc1)S(C)(=O)=O. The number of nitrogens with one attached hydrogen (secondary N) is 1. The standard InChI is InChI=1S/C24H33N3O5S/c1-6-18(2)25-24(29)19(3)26(16-20-10-8-7-9-11-20)23(28)17-27(33(5,30)31)21-12-14-22(32-4)15-13-21/h7-15,18-19H,6,16-17H2,1-5H3,(H,25,29)/t18-,19+/m1/s1. The fourth-order valence-corrected chi connectivity index (χ4v) is 4.04. The van der Waals surface area contributed by atoms with Crippen molar-refractivity contribution in [2.75, 3.05) is 24.2 Å². The van der Waals surface area contributed by atoms with E-state index in [0.717, 1.165) is 22.5 Å². The summed E-state index contributed by atoms with van der Waals surface area (Å²) in [5, 5.41) is 2.90. The molecule has 33 heavy (non-hydrogen) atoms. The first-order valence-electron chi connectivity index (χ1n) is 10.8. The molecule has 0 radical (unpaired) electrons. The highest BCUT2D eigenvalue weighted by Crippen LogP contribution is 2.22. The van der Waals surface area contributed by atoms with Gasteiger partial charge in [-0.3, -0.25) is 13.9 Å². The molecule has 0 bridgehead atoms. The van der Waals surface area contributed by atoms with Gasteiger partial charge in [0.25, 0.3) is 0 Å². The van der Waals surface area contributed by atoms with Crippen LogP contribution in [0.15, 0.2) is 54.6 Å². The number of ether oxygens (including phenoxy) is 1. The van der Waals surface area contributed by atoms with Gasteiger partial charge in [-0.15, -0.1) is 0 Å². The molecule has 8 nitrogen and oxygen atoms in total. The van der Waals surface area contributed by atoms with E-state index in [-0.39, 0.29) is 18.5 Å². The van der Waals surface area contributed by atoms with Gasteiger partial charge in [-0.1, -0.05) is 37.3 Å². The van der Waals surface area contributed by atoms with Gasteiger partial charge in [-0.05, 0) is 50.1 Å². The van der Waals surface area contributed by atoms with Crippen LogP contribution in [0.1, 0.15) is 32.8 Å². The lowest BCUT2D eigenvalue weighted by Gasteiger charge is -2.32. The van der Waals surface area contributed by atoms with E-state index >= 15 is 0 Å². The van der Waals surface area contributed by atoms with Crippen molar-refractivity contribution in [3.63, 3.8) is 0 Å². The Bertz CT molecular complexity index is 1030. The zero-order valence-electron chi connectivity index (χ0n) is 19.8. The molecule has 9 heteroatoms. The molecule has 2 atom stereocenters. The van der Waals surface area contributed by atoms with Gasteiger partial charge in [0.15, 0.2) is 0 Å². The summed E-state index contributed by atoms with van der Waals surface area (Å²) in [4.78, 5) is 27.6. The zero-order valence-corrected chi connectivity index (χ0v) is 20.6. The van der Waals surface area contributed by atoms with Gasteiger partial charge in [-0.2, -0.15) is 0 Å². The number of rotatable bonds is 11. The number of benzene rings is 2. The maximum Gasteiger partial charge on any atom is 0.244 e. The molecule has 0 unspecified atom stereocenters. The molecule has 0 aromatic heterocycles. The van der Waals surface area contributed by atoms with Gasteiger partial charge in [-0.25, -0.2) is 8.42 Å². The summed E-state index contributed by atoms with van der Waals surface area (Å²) >= 11 is 0. The monoisotopic (exact) mass is 475 g/mol. The fourth-order valence-electron chi connectivity index (χ4n) is 3.19. The van der Waals surface area contributed by atoms with Gasteiger partial charge in [0.2, 0.25) is 21.8 Å². The minimum Gasteiger partial charge on any atom is -0.497 e. The van der Waals surface area contributed by atoms with E-state index in [0.29, 0.717) is 11.4 Å². The molecule has 2 rings (SSSR count). The largest absolute Gasteiger partial charge is 0.497 e. The Morgan fingerprint density at radius 1 is 1.03 bits per heavy atom. The number of hydrogen-bond acceptors (Lipinski definition) is 5. The lowest BCUT2D eigenvalue weighted by molar-refractivity contribution is -0.139. The van der Waals surface area contributed by atoms with Crippen LogP contribution in [0.3, 0.4) is 0 Å². The van der Waals surface area contributed by atoms with Crippen LogP contribution in [-0.2, 0) is 26.2 Å². The van der Waals surface area contributed by atoms with Crippen molar-refractivity contribution in [3.05, 3.63) is 60.2 Å².